The second-order valence-electron chi connectivity index (χ2n) is 9.21. The number of aliphatic imine (C=N–C) groups is 1. The van der Waals surface area contributed by atoms with Crippen LogP contribution in [0.4, 0.5) is 5.69 Å². The highest BCUT2D eigenvalue weighted by atomic mass is 16.5. The number of rotatable bonds is 9. The molecule has 1 amide bonds. The van der Waals surface area contributed by atoms with E-state index in [-0.39, 0.29) is 24.1 Å². The van der Waals surface area contributed by atoms with E-state index in [0.29, 0.717) is 12.5 Å². The van der Waals surface area contributed by atoms with Crippen LogP contribution in [-0.2, 0) is 11.3 Å². The molecule has 0 bridgehead atoms. The summed E-state index contributed by atoms with van der Waals surface area (Å²) in [6, 6.07) is 9.76. The first-order chi connectivity index (χ1) is 15.0. The number of ether oxygens (including phenoxy) is 1. The summed E-state index contributed by atoms with van der Waals surface area (Å²) in [6.45, 7) is 15.4. The molecule has 0 fully saturated rings. The van der Waals surface area contributed by atoms with Crippen LogP contribution in [0.3, 0.4) is 0 Å². The van der Waals surface area contributed by atoms with Gasteiger partial charge in [0.15, 0.2) is 5.96 Å². The number of aromatic nitrogens is 2. The van der Waals surface area contributed by atoms with Crippen molar-refractivity contribution in [1.29, 1.82) is 0 Å². The highest BCUT2D eigenvalue weighted by Crippen LogP contribution is 2.16. The first-order valence-electron chi connectivity index (χ1n) is 11.2. The molecule has 0 aliphatic rings. The normalized spacial score (nSPS) is 12.1. The second-order valence-corrected chi connectivity index (χ2v) is 9.21. The van der Waals surface area contributed by atoms with E-state index in [9.17, 15) is 4.79 Å². The summed E-state index contributed by atoms with van der Waals surface area (Å²) >= 11 is 0. The van der Waals surface area contributed by atoms with Crippen LogP contribution in [-0.4, -0.2) is 46.4 Å². The zero-order valence-electron chi connectivity index (χ0n) is 20.5. The number of benzene rings is 1. The van der Waals surface area contributed by atoms with Crippen LogP contribution < -0.4 is 20.7 Å². The molecule has 0 aliphatic carbocycles. The zero-order chi connectivity index (χ0) is 23.7. The Labute approximate surface area is 191 Å². The summed E-state index contributed by atoms with van der Waals surface area (Å²) in [5, 5.41) is 14.0. The summed E-state index contributed by atoms with van der Waals surface area (Å²) in [4.78, 5) is 16.7. The molecular formula is C24H38N6O2. The summed E-state index contributed by atoms with van der Waals surface area (Å²) in [5.74, 6) is 1.24. The molecule has 32 heavy (non-hydrogen) atoms. The molecular weight excluding hydrogens is 404 g/mol. The Bertz CT molecular complexity index is 894. The molecule has 0 atom stereocenters. The van der Waals surface area contributed by atoms with Crippen LogP contribution in [0.1, 0.15) is 52.4 Å². The highest BCUT2D eigenvalue weighted by molar-refractivity contribution is 5.95. The van der Waals surface area contributed by atoms with Crippen molar-refractivity contribution in [2.75, 3.05) is 18.4 Å². The fraction of sp³-hybridized carbons (Fsp3) is 0.542. The van der Waals surface area contributed by atoms with Crippen LogP contribution in [0.2, 0.25) is 0 Å². The Balaban J connectivity index is 1.98. The van der Waals surface area contributed by atoms with Gasteiger partial charge in [0.2, 0.25) is 5.91 Å². The van der Waals surface area contributed by atoms with Gasteiger partial charge in [-0.3, -0.25) is 9.48 Å². The van der Waals surface area contributed by atoms with E-state index >= 15 is 0 Å². The van der Waals surface area contributed by atoms with Crippen molar-refractivity contribution in [2.45, 2.75) is 73.1 Å². The van der Waals surface area contributed by atoms with Crippen molar-refractivity contribution in [3.8, 4) is 5.75 Å². The SMILES string of the molecule is Cc1cc(C)n(CCCNC(=NCC(=O)NC(C)(C)C)Nc2ccc(OC(C)C)cc2)n1. The van der Waals surface area contributed by atoms with Gasteiger partial charge in [-0.1, -0.05) is 0 Å². The fourth-order valence-corrected chi connectivity index (χ4v) is 3.11. The number of anilines is 1. The van der Waals surface area contributed by atoms with Crippen molar-refractivity contribution in [3.05, 3.63) is 41.7 Å². The molecule has 1 aromatic heterocycles. The molecule has 1 aromatic carbocycles. The number of nitrogens with one attached hydrogen (secondary N) is 3. The maximum Gasteiger partial charge on any atom is 0.242 e. The maximum atomic E-state index is 12.2. The number of hydrogen-bond acceptors (Lipinski definition) is 4. The van der Waals surface area contributed by atoms with Gasteiger partial charge in [0.1, 0.15) is 12.3 Å². The van der Waals surface area contributed by atoms with Gasteiger partial charge in [-0.2, -0.15) is 5.10 Å². The van der Waals surface area contributed by atoms with Crippen molar-refractivity contribution in [3.63, 3.8) is 0 Å². The average molecular weight is 443 g/mol. The molecule has 0 unspecified atom stereocenters. The number of amides is 1. The van der Waals surface area contributed by atoms with Crippen LogP contribution in [0.15, 0.2) is 35.3 Å². The lowest BCUT2D eigenvalue weighted by atomic mass is 10.1. The summed E-state index contributed by atoms with van der Waals surface area (Å²) in [7, 11) is 0. The number of carbonyl (C=O) groups excluding carboxylic acids is 1. The van der Waals surface area contributed by atoms with Crippen molar-refractivity contribution >= 4 is 17.6 Å². The minimum atomic E-state index is -0.292. The zero-order valence-corrected chi connectivity index (χ0v) is 20.5. The van der Waals surface area contributed by atoms with E-state index in [4.69, 9.17) is 4.74 Å². The topological polar surface area (TPSA) is 92.6 Å². The highest BCUT2D eigenvalue weighted by Gasteiger charge is 2.13. The Kier molecular flexibility index (Phi) is 9.11. The standard InChI is InChI=1S/C24H38N6O2/c1-17(2)32-21-11-9-20(10-12-21)27-23(26-16-22(31)28-24(5,6)7)25-13-8-14-30-19(4)15-18(3)29-30/h9-12,15,17H,8,13-14,16H2,1-7H3,(H,28,31)(H2,25,26,27). The summed E-state index contributed by atoms with van der Waals surface area (Å²) in [5.41, 5.74) is 2.74. The van der Waals surface area contributed by atoms with Crippen molar-refractivity contribution in [2.24, 2.45) is 4.99 Å². The van der Waals surface area contributed by atoms with Gasteiger partial charge in [-0.25, -0.2) is 4.99 Å². The van der Waals surface area contributed by atoms with E-state index in [1.54, 1.807) is 0 Å². The third-order valence-corrected chi connectivity index (χ3v) is 4.33. The molecule has 2 aromatic rings. The van der Waals surface area contributed by atoms with E-state index in [1.165, 1.54) is 0 Å². The second kappa shape index (κ2) is 11.5. The first-order valence-corrected chi connectivity index (χ1v) is 11.2. The molecule has 8 heteroatoms. The van der Waals surface area contributed by atoms with Gasteiger partial charge in [-0.05, 0) is 85.2 Å². The van der Waals surface area contributed by atoms with Gasteiger partial charge >= 0.3 is 0 Å². The molecule has 8 nitrogen and oxygen atoms in total. The Hall–Kier alpha value is -3.03. The maximum absolute atomic E-state index is 12.2. The molecule has 0 radical (unpaired) electrons. The van der Waals surface area contributed by atoms with Gasteiger partial charge in [0.25, 0.3) is 0 Å². The summed E-state index contributed by atoms with van der Waals surface area (Å²) in [6.07, 6.45) is 0.994. The molecule has 1 heterocycles. The van der Waals surface area contributed by atoms with Crippen LogP contribution in [0.25, 0.3) is 0 Å². The van der Waals surface area contributed by atoms with Gasteiger partial charge in [-0.15, -0.1) is 0 Å². The molecule has 176 valence electrons. The number of nitrogens with zero attached hydrogens (tertiary/aromatic N) is 3. The number of guanidine groups is 1. The molecule has 3 N–H and O–H groups in total. The Morgan fingerprint density at radius 1 is 1.19 bits per heavy atom. The van der Waals surface area contributed by atoms with Crippen molar-refractivity contribution in [1.82, 2.24) is 20.4 Å². The van der Waals surface area contributed by atoms with E-state index in [0.717, 1.165) is 35.8 Å². The van der Waals surface area contributed by atoms with E-state index in [1.807, 2.05) is 70.5 Å². The van der Waals surface area contributed by atoms with Gasteiger partial charge < -0.3 is 20.7 Å². The number of carbonyl (C=O) groups is 1. The van der Waals surface area contributed by atoms with E-state index in [2.05, 4.69) is 39.0 Å². The minimum absolute atomic E-state index is 0.0403. The quantitative estimate of drug-likeness (QED) is 0.313. The molecule has 0 saturated heterocycles. The number of aryl methyl sites for hydroxylation is 3. The molecule has 2 rings (SSSR count). The third-order valence-electron chi connectivity index (χ3n) is 4.33. The molecule has 0 saturated carbocycles. The number of hydrogen-bond donors (Lipinski definition) is 3. The van der Waals surface area contributed by atoms with E-state index < -0.39 is 0 Å². The van der Waals surface area contributed by atoms with Crippen molar-refractivity contribution < 1.29 is 9.53 Å². The molecule has 0 spiro atoms. The first kappa shape index (κ1) is 25.2. The predicted molar refractivity (Wildman–Crippen MR) is 130 cm³/mol. The third kappa shape index (κ3) is 9.41. The lowest BCUT2D eigenvalue weighted by Crippen LogP contribution is -2.42. The Morgan fingerprint density at radius 3 is 2.44 bits per heavy atom. The molecule has 0 aliphatic heterocycles. The van der Waals surface area contributed by atoms with Gasteiger partial charge in [0.05, 0.1) is 11.8 Å². The van der Waals surface area contributed by atoms with Crippen LogP contribution >= 0.6 is 0 Å². The van der Waals surface area contributed by atoms with Crippen LogP contribution in [0.5, 0.6) is 5.75 Å². The summed E-state index contributed by atoms with van der Waals surface area (Å²) < 4.78 is 7.70. The smallest absolute Gasteiger partial charge is 0.242 e. The monoisotopic (exact) mass is 442 g/mol. The Morgan fingerprint density at radius 2 is 1.88 bits per heavy atom. The predicted octanol–water partition coefficient (Wildman–Crippen LogP) is 3.65. The fourth-order valence-electron chi connectivity index (χ4n) is 3.11. The lowest BCUT2D eigenvalue weighted by molar-refractivity contribution is -0.121. The van der Waals surface area contributed by atoms with Crippen LogP contribution in [0, 0.1) is 13.8 Å². The van der Waals surface area contributed by atoms with Gasteiger partial charge in [0, 0.05) is 30.0 Å². The minimum Gasteiger partial charge on any atom is -0.491 e. The lowest BCUT2D eigenvalue weighted by Gasteiger charge is -2.20. The largest absolute Gasteiger partial charge is 0.491 e. The average Bonchev–Trinajstić information content (AvgIpc) is 2.99.